The van der Waals surface area contributed by atoms with Crippen molar-refractivity contribution in [2.24, 2.45) is 0 Å². The van der Waals surface area contributed by atoms with Crippen molar-refractivity contribution in [3.63, 3.8) is 0 Å². The first-order valence-electron chi connectivity index (χ1n) is 10.9. The van der Waals surface area contributed by atoms with E-state index >= 15 is 0 Å². The molecule has 1 N–H and O–H groups in total. The Morgan fingerprint density at radius 3 is 2.55 bits per heavy atom. The normalized spacial score (nSPS) is 13.9. The second-order valence-corrected chi connectivity index (χ2v) is 9.87. The minimum atomic E-state index is -3.66. The van der Waals surface area contributed by atoms with Crippen LogP contribution in [0.2, 0.25) is 0 Å². The maximum atomic E-state index is 13.3. The van der Waals surface area contributed by atoms with Gasteiger partial charge >= 0.3 is 5.97 Å². The van der Waals surface area contributed by atoms with Crippen LogP contribution >= 0.6 is 0 Å². The number of hydrogen-bond acceptors (Lipinski definition) is 5. The number of esters is 1. The Morgan fingerprint density at radius 2 is 1.85 bits per heavy atom. The third kappa shape index (κ3) is 4.14. The monoisotopic (exact) mass is 469 g/mol. The molecule has 0 atom stereocenters. The van der Waals surface area contributed by atoms with Gasteiger partial charge in [-0.1, -0.05) is 19.9 Å². The lowest BCUT2D eigenvalue weighted by Crippen LogP contribution is -2.36. The Balaban J connectivity index is 1.64. The molecule has 1 aliphatic heterocycles. The number of nitrogens with zero attached hydrogens (tertiary/aromatic N) is 2. The molecule has 1 aliphatic rings. The van der Waals surface area contributed by atoms with Crippen molar-refractivity contribution in [3.8, 4) is 0 Å². The highest BCUT2D eigenvalue weighted by atomic mass is 32.2. The average Bonchev–Trinajstić information content (AvgIpc) is 3.20. The SMILES string of the molecule is CCN(CC)S(=O)(=O)c1cccc(C(=O)N2CCc3[nH]c4ccc(C(=O)OC)cc4c3C2)c1. The molecule has 33 heavy (non-hydrogen) atoms. The Labute approximate surface area is 193 Å². The fourth-order valence-electron chi connectivity index (χ4n) is 4.32. The quantitative estimate of drug-likeness (QED) is 0.559. The molecule has 0 bridgehead atoms. The number of benzene rings is 2. The van der Waals surface area contributed by atoms with Crippen molar-refractivity contribution < 1.29 is 22.7 Å². The highest BCUT2D eigenvalue weighted by Gasteiger charge is 2.27. The van der Waals surface area contributed by atoms with Crippen molar-refractivity contribution in [3.05, 3.63) is 64.8 Å². The largest absolute Gasteiger partial charge is 0.465 e. The van der Waals surface area contributed by atoms with Crippen molar-refractivity contribution >= 4 is 32.8 Å². The summed E-state index contributed by atoms with van der Waals surface area (Å²) in [4.78, 5) is 30.5. The van der Waals surface area contributed by atoms with E-state index in [0.717, 1.165) is 22.2 Å². The number of H-pyrrole nitrogens is 1. The topological polar surface area (TPSA) is 99.8 Å². The van der Waals surface area contributed by atoms with Gasteiger partial charge in [0.05, 0.1) is 17.6 Å². The molecule has 0 aliphatic carbocycles. The molecule has 0 saturated carbocycles. The van der Waals surface area contributed by atoms with Gasteiger partial charge in [-0.2, -0.15) is 4.31 Å². The number of hydrogen-bond donors (Lipinski definition) is 1. The molecule has 0 spiro atoms. The number of carbonyl (C=O) groups excluding carboxylic acids is 2. The number of ether oxygens (including phenoxy) is 1. The highest BCUT2D eigenvalue weighted by Crippen LogP contribution is 2.30. The van der Waals surface area contributed by atoms with Crippen molar-refractivity contribution in [2.45, 2.75) is 31.7 Å². The van der Waals surface area contributed by atoms with E-state index in [4.69, 9.17) is 4.74 Å². The first-order valence-corrected chi connectivity index (χ1v) is 12.3. The van der Waals surface area contributed by atoms with Gasteiger partial charge in [0.25, 0.3) is 5.91 Å². The van der Waals surface area contributed by atoms with Crippen LogP contribution in [0.4, 0.5) is 0 Å². The zero-order valence-electron chi connectivity index (χ0n) is 18.9. The number of rotatable bonds is 6. The number of carbonyl (C=O) groups is 2. The molecule has 0 saturated heterocycles. The molecule has 2 aromatic carbocycles. The van der Waals surface area contributed by atoms with Crippen LogP contribution in [0.5, 0.6) is 0 Å². The van der Waals surface area contributed by atoms with Gasteiger partial charge in [0.15, 0.2) is 0 Å². The van der Waals surface area contributed by atoms with Crippen LogP contribution in [0.15, 0.2) is 47.4 Å². The maximum Gasteiger partial charge on any atom is 0.337 e. The number of methoxy groups -OCH3 is 1. The van der Waals surface area contributed by atoms with E-state index in [2.05, 4.69) is 4.98 Å². The van der Waals surface area contributed by atoms with Gasteiger partial charge in [0, 0.05) is 60.3 Å². The van der Waals surface area contributed by atoms with Gasteiger partial charge in [-0.15, -0.1) is 0 Å². The second kappa shape index (κ2) is 8.99. The molecule has 4 rings (SSSR count). The molecule has 0 radical (unpaired) electrons. The third-order valence-electron chi connectivity index (χ3n) is 6.11. The number of nitrogens with one attached hydrogen (secondary N) is 1. The van der Waals surface area contributed by atoms with Crippen LogP contribution in [0.1, 0.15) is 45.8 Å². The summed E-state index contributed by atoms with van der Waals surface area (Å²) in [6.07, 6.45) is 0.640. The summed E-state index contributed by atoms with van der Waals surface area (Å²) in [6.45, 7) is 5.17. The molecular formula is C24H27N3O5S. The second-order valence-electron chi connectivity index (χ2n) is 7.93. The maximum absolute atomic E-state index is 13.3. The van der Waals surface area contributed by atoms with E-state index in [-0.39, 0.29) is 10.8 Å². The van der Waals surface area contributed by atoms with Crippen molar-refractivity contribution in [2.75, 3.05) is 26.7 Å². The van der Waals surface area contributed by atoms with Gasteiger partial charge in [-0.25, -0.2) is 13.2 Å². The molecule has 8 nitrogen and oxygen atoms in total. The number of sulfonamides is 1. The minimum Gasteiger partial charge on any atom is -0.465 e. The van der Waals surface area contributed by atoms with Crippen LogP contribution in [0.3, 0.4) is 0 Å². The number of aromatic amines is 1. The van der Waals surface area contributed by atoms with E-state index in [1.165, 1.54) is 23.5 Å². The molecule has 0 unspecified atom stereocenters. The summed E-state index contributed by atoms with van der Waals surface area (Å²) in [5, 5.41) is 0.878. The lowest BCUT2D eigenvalue weighted by atomic mass is 10.0. The first-order chi connectivity index (χ1) is 15.8. The van der Waals surface area contributed by atoms with Crippen LogP contribution in [0, 0.1) is 0 Å². The number of amides is 1. The highest BCUT2D eigenvalue weighted by molar-refractivity contribution is 7.89. The van der Waals surface area contributed by atoms with Crippen LogP contribution in [-0.2, 0) is 27.7 Å². The zero-order valence-corrected chi connectivity index (χ0v) is 19.7. The standard InChI is InChI=1S/C24H27N3O5S/c1-4-27(5-2)33(30,31)18-8-6-7-16(13-18)23(28)26-12-11-22-20(15-26)19-14-17(24(29)32-3)9-10-21(19)25-22/h6-10,13-14,25H,4-5,11-12,15H2,1-3H3. The summed E-state index contributed by atoms with van der Waals surface area (Å²) in [7, 11) is -2.32. The van der Waals surface area contributed by atoms with Crippen molar-refractivity contribution in [1.29, 1.82) is 0 Å². The fraction of sp³-hybridized carbons (Fsp3) is 0.333. The van der Waals surface area contributed by atoms with Gasteiger partial charge in [-0.05, 0) is 36.4 Å². The van der Waals surface area contributed by atoms with Gasteiger partial charge in [0.1, 0.15) is 0 Å². The molecule has 1 amide bonds. The fourth-order valence-corrected chi connectivity index (χ4v) is 5.82. The molecule has 3 aromatic rings. The molecule has 174 valence electrons. The average molecular weight is 470 g/mol. The minimum absolute atomic E-state index is 0.115. The van der Waals surface area contributed by atoms with E-state index in [1.54, 1.807) is 43.0 Å². The lowest BCUT2D eigenvalue weighted by Gasteiger charge is -2.27. The van der Waals surface area contributed by atoms with Crippen molar-refractivity contribution in [1.82, 2.24) is 14.2 Å². The summed E-state index contributed by atoms with van der Waals surface area (Å²) in [5.74, 6) is -0.641. The predicted octanol–water partition coefficient (Wildman–Crippen LogP) is 3.18. The molecule has 9 heteroatoms. The predicted molar refractivity (Wildman–Crippen MR) is 125 cm³/mol. The zero-order chi connectivity index (χ0) is 23.8. The molecule has 2 heterocycles. The third-order valence-corrected chi connectivity index (χ3v) is 8.15. The van der Waals surface area contributed by atoms with Gasteiger partial charge in [0.2, 0.25) is 10.0 Å². The Morgan fingerprint density at radius 1 is 1.09 bits per heavy atom. The van der Waals surface area contributed by atoms with Gasteiger partial charge < -0.3 is 14.6 Å². The van der Waals surface area contributed by atoms with E-state index in [0.29, 0.717) is 43.7 Å². The summed E-state index contributed by atoms with van der Waals surface area (Å²) in [6, 6.07) is 11.6. The Kier molecular flexibility index (Phi) is 6.27. The summed E-state index contributed by atoms with van der Waals surface area (Å²) < 4.78 is 32.0. The Hall–Kier alpha value is -3.17. The molecule has 0 fully saturated rings. The van der Waals surface area contributed by atoms with Crippen LogP contribution in [0.25, 0.3) is 10.9 Å². The summed E-state index contributed by atoms with van der Waals surface area (Å²) >= 11 is 0. The van der Waals surface area contributed by atoms with E-state index < -0.39 is 16.0 Å². The van der Waals surface area contributed by atoms with Crippen LogP contribution < -0.4 is 0 Å². The van der Waals surface area contributed by atoms with E-state index in [9.17, 15) is 18.0 Å². The Bertz CT molecular complexity index is 1330. The lowest BCUT2D eigenvalue weighted by molar-refractivity contribution is 0.0600. The first kappa shape index (κ1) is 23.0. The smallest absolute Gasteiger partial charge is 0.337 e. The number of fused-ring (bicyclic) bond motifs is 3. The van der Waals surface area contributed by atoms with Gasteiger partial charge in [-0.3, -0.25) is 4.79 Å². The van der Waals surface area contributed by atoms with E-state index in [1.807, 2.05) is 6.07 Å². The molecular weight excluding hydrogens is 442 g/mol. The summed E-state index contributed by atoms with van der Waals surface area (Å²) in [5.41, 5.74) is 3.68. The van der Waals surface area contributed by atoms with Crippen LogP contribution in [-0.4, -0.2) is 61.2 Å². The number of aromatic nitrogens is 1. The molecule has 1 aromatic heterocycles.